The highest BCUT2D eigenvalue weighted by Crippen LogP contribution is 2.36. The number of hydrogen-bond acceptors (Lipinski definition) is 3. The summed E-state index contributed by atoms with van der Waals surface area (Å²) >= 11 is 0. The lowest BCUT2D eigenvalue weighted by atomic mass is 10.0. The van der Waals surface area contributed by atoms with Crippen LogP contribution in [-0.2, 0) is 6.42 Å². The molecule has 108 valence electrons. The Balaban J connectivity index is 1.94. The summed E-state index contributed by atoms with van der Waals surface area (Å²) in [5.74, 6) is -0.481. The van der Waals surface area contributed by atoms with Gasteiger partial charge in [0.25, 0.3) is 5.69 Å². The molecule has 0 spiro atoms. The second kappa shape index (κ2) is 5.16. The van der Waals surface area contributed by atoms with Crippen molar-refractivity contribution in [3.8, 4) is 0 Å². The van der Waals surface area contributed by atoms with E-state index in [1.165, 1.54) is 17.7 Å². The Morgan fingerprint density at radius 1 is 1.29 bits per heavy atom. The number of nitro groups is 1. The van der Waals surface area contributed by atoms with E-state index in [4.69, 9.17) is 0 Å². The van der Waals surface area contributed by atoms with Crippen molar-refractivity contribution < 1.29 is 9.31 Å². The monoisotopic (exact) mass is 286 g/mol. The van der Waals surface area contributed by atoms with Crippen LogP contribution in [0.1, 0.15) is 29.2 Å². The molecule has 0 fully saturated rings. The maximum atomic E-state index is 13.4. The second-order valence-electron chi connectivity index (χ2n) is 5.36. The first-order chi connectivity index (χ1) is 10.0. The standard InChI is InChI=1S/C16H15FN2O2/c1-10-2-3-11-4-6-14(13(11)8-10)18-15-9-12(17)5-7-16(15)19(20)21/h2-3,5,7-9,14,18H,4,6H2,1H3. The SMILES string of the molecule is Cc1ccc2c(c1)C(Nc1cc(F)ccc1[N+](=O)[O-])CC2. The molecule has 0 heterocycles. The highest BCUT2D eigenvalue weighted by atomic mass is 19.1. The van der Waals surface area contributed by atoms with Gasteiger partial charge in [-0.05, 0) is 37.0 Å². The summed E-state index contributed by atoms with van der Waals surface area (Å²) in [6, 6.07) is 9.72. The molecule has 1 unspecified atom stereocenters. The van der Waals surface area contributed by atoms with Crippen molar-refractivity contribution in [3.05, 3.63) is 69.0 Å². The average Bonchev–Trinajstić information content (AvgIpc) is 2.81. The van der Waals surface area contributed by atoms with Crippen LogP contribution in [0.3, 0.4) is 0 Å². The molecule has 0 radical (unpaired) electrons. The van der Waals surface area contributed by atoms with Crippen LogP contribution in [0.5, 0.6) is 0 Å². The Hall–Kier alpha value is -2.43. The van der Waals surface area contributed by atoms with Crippen LogP contribution in [-0.4, -0.2) is 4.92 Å². The Morgan fingerprint density at radius 2 is 2.10 bits per heavy atom. The molecular formula is C16H15FN2O2. The third-order valence-electron chi connectivity index (χ3n) is 3.86. The van der Waals surface area contributed by atoms with Crippen LogP contribution in [0.4, 0.5) is 15.8 Å². The zero-order valence-electron chi connectivity index (χ0n) is 11.6. The lowest BCUT2D eigenvalue weighted by Crippen LogP contribution is -2.09. The Bertz CT molecular complexity index is 715. The van der Waals surface area contributed by atoms with Crippen molar-refractivity contribution in [2.24, 2.45) is 0 Å². The van der Waals surface area contributed by atoms with Crippen molar-refractivity contribution >= 4 is 11.4 Å². The largest absolute Gasteiger partial charge is 0.373 e. The predicted octanol–water partition coefficient (Wildman–Crippen LogP) is 4.14. The number of rotatable bonds is 3. The maximum Gasteiger partial charge on any atom is 0.292 e. The number of anilines is 1. The van der Waals surface area contributed by atoms with Crippen LogP contribution in [0, 0.1) is 22.9 Å². The van der Waals surface area contributed by atoms with Gasteiger partial charge in [0.15, 0.2) is 0 Å². The molecule has 5 heteroatoms. The minimum Gasteiger partial charge on any atom is -0.373 e. The minimum atomic E-state index is -0.492. The van der Waals surface area contributed by atoms with E-state index >= 15 is 0 Å². The predicted molar refractivity (Wildman–Crippen MR) is 78.9 cm³/mol. The van der Waals surface area contributed by atoms with Crippen molar-refractivity contribution in [1.29, 1.82) is 0 Å². The minimum absolute atomic E-state index is 0.0135. The lowest BCUT2D eigenvalue weighted by Gasteiger charge is -2.16. The fourth-order valence-electron chi connectivity index (χ4n) is 2.84. The molecule has 0 saturated heterocycles. The number of aryl methyl sites for hydroxylation is 2. The number of fused-ring (bicyclic) bond motifs is 1. The molecule has 0 saturated carbocycles. The molecule has 1 aliphatic carbocycles. The fraction of sp³-hybridized carbons (Fsp3) is 0.250. The average molecular weight is 286 g/mol. The van der Waals surface area contributed by atoms with Gasteiger partial charge in [0.1, 0.15) is 11.5 Å². The van der Waals surface area contributed by atoms with E-state index in [0.29, 0.717) is 0 Å². The zero-order chi connectivity index (χ0) is 15.0. The molecule has 1 N–H and O–H groups in total. The zero-order valence-corrected chi connectivity index (χ0v) is 11.6. The Kier molecular flexibility index (Phi) is 3.33. The first-order valence-corrected chi connectivity index (χ1v) is 6.84. The van der Waals surface area contributed by atoms with Crippen LogP contribution >= 0.6 is 0 Å². The topological polar surface area (TPSA) is 55.2 Å². The quantitative estimate of drug-likeness (QED) is 0.681. The molecule has 1 atom stereocenters. The normalized spacial score (nSPS) is 16.6. The molecule has 0 aliphatic heterocycles. The van der Waals surface area contributed by atoms with Crippen molar-refractivity contribution in [2.45, 2.75) is 25.8 Å². The van der Waals surface area contributed by atoms with Gasteiger partial charge in [-0.25, -0.2) is 4.39 Å². The first-order valence-electron chi connectivity index (χ1n) is 6.84. The number of nitro benzene ring substituents is 1. The van der Waals surface area contributed by atoms with Crippen LogP contribution in [0.15, 0.2) is 36.4 Å². The highest BCUT2D eigenvalue weighted by molar-refractivity contribution is 5.63. The van der Waals surface area contributed by atoms with Gasteiger partial charge in [-0.15, -0.1) is 0 Å². The molecule has 21 heavy (non-hydrogen) atoms. The molecule has 0 bridgehead atoms. The summed E-state index contributed by atoms with van der Waals surface area (Å²) < 4.78 is 13.4. The molecule has 0 aromatic heterocycles. The van der Waals surface area contributed by atoms with Gasteiger partial charge in [-0.1, -0.05) is 23.8 Å². The van der Waals surface area contributed by atoms with Crippen LogP contribution in [0.25, 0.3) is 0 Å². The molecule has 2 aromatic carbocycles. The third kappa shape index (κ3) is 2.59. The summed E-state index contributed by atoms with van der Waals surface area (Å²) in [4.78, 5) is 10.6. The molecular weight excluding hydrogens is 271 g/mol. The van der Waals surface area contributed by atoms with Gasteiger partial charge in [0.2, 0.25) is 0 Å². The summed E-state index contributed by atoms with van der Waals surface area (Å²) in [5, 5.41) is 14.2. The van der Waals surface area contributed by atoms with Crippen molar-refractivity contribution in [2.75, 3.05) is 5.32 Å². The van der Waals surface area contributed by atoms with Gasteiger partial charge >= 0.3 is 0 Å². The molecule has 0 amide bonds. The van der Waals surface area contributed by atoms with E-state index in [1.807, 2.05) is 6.92 Å². The van der Waals surface area contributed by atoms with E-state index < -0.39 is 10.7 Å². The van der Waals surface area contributed by atoms with Gasteiger partial charge in [0.05, 0.1) is 11.0 Å². The van der Waals surface area contributed by atoms with E-state index in [0.717, 1.165) is 30.0 Å². The third-order valence-corrected chi connectivity index (χ3v) is 3.86. The van der Waals surface area contributed by atoms with E-state index in [1.54, 1.807) is 0 Å². The lowest BCUT2D eigenvalue weighted by molar-refractivity contribution is -0.384. The summed E-state index contributed by atoms with van der Waals surface area (Å²) in [6.07, 6.45) is 1.78. The number of nitrogens with zero attached hydrogens (tertiary/aromatic N) is 1. The molecule has 4 nitrogen and oxygen atoms in total. The number of nitrogens with one attached hydrogen (secondary N) is 1. The van der Waals surface area contributed by atoms with Gasteiger partial charge in [0, 0.05) is 12.1 Å². The Morgan fingerprint density at radius 3 is 2.86 bits per heavy atom. The van der Waals surface area contributed by atoms with Crippen molar-refractivity contribution in [1.82, 2.24) is 0 Å². The van der Waals surface area contributed by atoms with E-state index in [-0.39, 0.29) is 17.4 Å². The van der Waals surface area contributed by atoms with Crippen LogP contribution in [0.2, 0.25) is 0 Å². The molecule has 3 rings (SSSR count). The van der Waals surface area contributed by atoms with Crippen LogP contribution < -0.4 is 5.32 Å². The summed E-state index contributed by atoms with van der Waals surface area (Å²) in [5.41, 5.74) is 3.68. The molecule has 2 aromatic rings. The number of halogens is 1. The summed E-state index contributed by atoms with van der Waals surface area (Å²) in [7, 11) is 0. The number of benzene rings is 2. The van der Waals surface area contributed by atoms with Gasteiger partial charge in [-0.2, -0.15) is 0 Å². The Labute approximate surface area is 121 Å². The van der Waals surface area contributed by atoms with E-state index in [9.17, 15) is 14.5 Å². The fourth-order valence-corrected chi connectivity index (χ4v) is 2.84. The van der Waals surface area contributed by atoms with E-state index in [2.05, 4.69) is 23.5 Å². The molecule has 1 aliphatic rings. The maximum absolute atomic E-state index is 13.4. The summed E-state index contributed by atoms with van der Waals surface area (Å²) in [6.45, 7) is 2.01. The smallest absolute Gasteiger partial charge is 0.292 e. The highest BCUT2D eigenvalue weighted by Gasteiger charge is 2.25. The second-order valence-corrected chi connectivity index (χ2v) is 5.36. The first kappa shape index (κ1) is 13.5. The van der Waals surface area contributed by atoms with Crippen molar-refractivity contribution in [3.63, 3.8) is 0 Å². The van der Waals surface area contributed by atoms with Gasteiger partial charge < -0.3 is 5.32 Å². The van der Waals surface area contributed by atoms with Gasteiger partial charge in [-0.3, -0.25) is 10.1 Å². The number of hydrogen-bond donors (Lipinski definition) is 1.